The molecule has 1 aromatic heterocycles. The van der Waals surface area contributed by atoms with E-state index >= 15 is 0 Å². The lowest BCUT2D eigenvalue weighted by Crippen LogP contribution is -2.40. The summed E-state index contributed by atoms with van der Waals surface area (Å²) in [4.78, 5) is 18.0. The third-order valence-corrected chi connectivity index (χ3v) is 4.20. The van der Waals surface area contributed by atoms with Gasteiger partial charge in [-0.25, -0.2) is 9.18 Å². The van der Waals surface area contributed by atoms with Crippen LogP contribution < -0.4 is 0 Å². The van der Waals surface area contributed by atoms with Gasteiger partial charge in [-0.3, -0.25) is 9.88 Å². The largest absolute Gasteiger partial charge is 0.508 e. The van der Waals surface area contributed by atoms with Crippen molar-refractivity contribution in [1.29, 1.82) is 0 Å². The van der Waals surface area contributed by atoms with E-state index in [1.807, 2.05) is 4.90 Å². The van der Waals surface area contributed by atoms with Gasteiger partial charge in [0.15, 0.2) is 0 Å². The second-order valence-electron chi connectivity index (χ2n) is 5.69. The van der Waals surface area contributed by atoms with Crippen molar-refractivity contribution < 1.29 is 23.8 Å². The van der Waals surface area contributed by atoms with Crippen molar-refractivity contribution in [1.82, 2.24) is 9.88 Å². The Labute approximate surface area is 144 Å². The van der Waals surface area contributed by atoms with E-state index in [0.717, 1.165) is 0 Å². The number of pyridine rings is 1. The van der Waals surface area contributed by atoms with Crippen molar-refractivity contribution in [2.45, 2.75) is 6.04 Å². The van der Waals surface area contributed by atoms with Crippen LogP contribution >= 0.6 is 0 Å². The number of halogens is 1. The molecular weight excluding hydrogens is 327 g/mol. The Morgan fingerprint density at radius 2 is 2.12 bits per heavy atom. The molecule has 1 aromatic carbocycles. The van der Waals surface area contributed by atoms with Crippen LogP contribution in [-0.2, 0) is 9.47 Å². The number of carbonyl (C=O) groups excluding carboxylic acids is 1. The van der Waals surface area contributed by atoms with Crippen LogP contribution in [0.5, 0.6) is 5.75 Å². The normalized spacial score (nSPS) is 16.4. The molecule has 0 saturated carbocycles. The lowest BCUT2D eigenvalue weighted by molar-refractivity contribution is 0.0221. The van der Waals surface area contributed by atoms with Gasteiger partial charge < -0.3 is 14.6 Å². The average molecular weight is 346 g/mol. The standard InChI is InChI=1S/C18H19FN2O4/c1-24-18(23)12-4-5-15(22)13(11-12)17(21-7-9-25-10-8-21)16-14(19)3-2-6-20-16/h2-6,11,17,22H,7-10H2,1H3. The Kier molecular flexibility index (Phi) is 5.25. The third-order valence-electron chi connectivity index (χ3n) is 4.20. The van der Waals surface area contributed by atoms with E-state index in [2.05, 4.69) is 4.98 Å². The van der Waals surface area contributed by atoms with Crippen molar-refractivity contribution in [2.24, 2.45) is 0 Å². The number of rotatable bonds is 4. The second kappa shape index (κ2) is 7.58. The molecule has 1 saturated heterocycles. The molecular formula is C18H19FN2O4. The summed E-state index contributed by atoms with van der Waals surface area (Å²) < 4.78 is 24.6. The fraction of sp³-hybridized carbons (Fsp3) is 0.333. The molecule has 1 N–H and O–H groups in total. The molecule has 0 bridgehead atoms. The van der Waals surface area contributed by atoms with Crippen LogP contribution in [0.4, 0.5) is 4.39 Å². The Morgan fingerprint density at radius 1 is 1.36 bits per heavy atom. The first-order valence-corrected chi connectivity index (χ1v) is 7.95. The van der Waals surface area contributed by atoms with E-state index in [0.29, 0.717) is 31.9 Å². The monoisotopic (exact) mass is 346 g/mol. The van der Waals surface area contributed by atoms with Gasteiger partial charge in [0.2, 0.25) is 0 Å². The maximum Gasteiger partial charge on any atom is 0.337 e. The molecule has 1 aliphatic rings. The van der Waals surface area contributed by atoms with E-state index in [1.165, 1.54) is 43.6 Å². The number of phenols is 1. The summed E-state index contributed by atoms with van der Waals surface area (Å²) >= 11 is 0. The number of hydrogen-bond acceptors (Lipinski definition) is 6. The van der Waals surface area contributed by atoms with Crippen molar-refractivity contribution >= 4 is 5.97 Å². The minimum atomic E-state index is -0.630. The molecule has 132 valence electrons. The van der Waals surface area contributed by atoms with Crippen LogP contribution in [0, 0.1) is 5.82 Å². The van der Waals surface area contributed by atoms with Crippen LogP contribution in [0.2, 0.25) is 0 Å². The molecule has 0 spiro atoms. The highest BCUT2D eigenvalue weighted by Crippen LogP contribution is 2.35. The molecule has 2 heterocycles. The maximum absolute atomic E-state index is 14.4. The molecule has 3 rings (SSSR count). The van der Waals surface area contributed by atoms with Gasteiger partial charge in [0.05, 0.1) is 37.6 Å². The van der Waals surface area contributed by atoms with E-state index < -0.39 is 17.8 Å². The lowest BCUT2D eigenvalue weighted by atomic mass is 9.97. The Bertz CT molecular complexity index is 762. The van der Waals surface area contributed by atoms with Gasteiger partial charge >= 0.3 is 5.97 Å². The molecule has 7 heteroatoms. The van der Waals surface area contributed by atoms with Crippen LogP contribution in [0.15, 0.2) is 36.5 Å². The Morgan fingerprint density at radius 3 is 2.80 bits per heavy atom. The van der Waals surface area contributed by atoms with Gasteiger partial charge in [0, 0.05) is 24.8 Å². The highest BCUT2D eigenvalue weighted by Gasteiger charge is 2.30. The van der Waals surface area contributed by atoms with Crippen LogP contribution in [-0.4, -0.2) is 54.4 Å². The highest BCUT2D eigenvalue weighted by molar-refractivity contribution is 5.89. The topological polar surface area (TPSA) is 71.9 Å². The van der Waals surface area contributed by atoms with E-state index in [4.69, 9.17) is 9.47 Å². The highest BCUT2D eigenvalue weighted by atomic mass is 19.1. The number of aromatic nitrogens is 1. The predicted molar refractivity (Wildman–Crippen MR) is 87.9 cm³/mol. The fourth-order valence-corrected chi connectivity index (χ4v) is 2.97. The average Bonchev–Trinajstić information content (AvgIpc) is 2.65. The lowest BCUT2D eigenvalue weighted by Gasteiger charge is -2.34. The fourth-order valence-electron chi connectivity index (χ4n) is 2.97. The zero-order chi connectivity index (χ0) is 17.8. The first-order chi connectivity index (χ1) is 12.1. The van der Waals surface area contributed by atoms with Gasteiger partial charge in [-0.1, -0.05) is 0 Å². The molecule has 6 nitrogen and oxygen atoms in total. The predicted octanol–water partition coefficient (Wildman–Crippen LogP) is 2.13. The first-order valence-electron chi connectivity index (χ1n) is 7.95. The van der Waals surface area contributed by atoms with Crippen LogP contribution in [0.3, 0.4) is 0 Å². The smallest absolute Gasteiger partial charge is 0.337 e. The molecule has 25 heavy (non-hydrogen) atoms. The number of nitrogens with zero attached hydrogens (tertiary/aromatic N) is 2. The minimum absolute atomic E-state index is 0.0332. The zero-order valence-electron chi connectivity index (χ0n) is 13.8. The Balaban J connectivity index is 2.11. The molecule has 1 atom stereocenters. The summed E-state index contributed by atoms with van der Waals surface area (Å²) in [6, 6.07) is 6.62. The number of ether oxygens (including phenoxy) is 2. The van der Waals surface area contributed by atoms with Gasteiger partial charge in [-0.05, 0) is 30.3 Å². The first kappa shape index (κ1) is 17.3. The van der Waals surface area contributed by atoms with Gasteiger partial charge in [0.25, 0.3) is 0 Å². The number of esters is 1. The number of morpholine rings is 1. The summed E-state index contributed by atoms with van der Waals surface area (Å²) in [5, 5.41) is 10.4. The SMILES string of the molecule is COC(=O)c1ccc(O)c(C(c2ncccc2F)N2CCOCC2)c1. The second-order valence-corrected chi connectivity index (χ2v) is 5.69. The van der Waals surface area contributed by atoms with E-state index in [1.54, 1.807) is 0 Å². The summed E-state index contributed by atoms with van der Waals surface area (Å²) in [5.41, 5.74) is 0.883. The van der Waals surface area contributed by atoms with Gasteiger partial charge in [-0.2, -0.15) is 0 Å². The third kappa shape index (κ3) is 3.62. The summed E-state index contributed by atoms with van der Waals surface area (Å²) in [5.74, 6) is -1.03. The molecule has 0 amide bonds. The number of phenolic OH excluding ortho intramolecular Hbond substituents is 1. The van der Waals surface area contributed by atoms with Gasteiger partial charge in [0.1, 0.15) is 11.6 Å². The minimum Gasteiger partial charge on any atom is -0.508 e. The molecule has 1 unspecified atom stereocenters. The molecule has 0 aliphatic carbocycles. The van der Waals surface area contributed by atoms with Gasteiger partial charge in [-0.15, -0.1) is 0 Å². The van der Waals surface area contributed by atoms with Crippen molar-refractivity contribution in [3.05, 3.63) is 59.2 Å². The van der Waals surface area contributed by atoms with Crippen LogP contribution in [0.25, 0.3) is 0 Å². The number of benzene rings is 1. The van der Waals surface area contributed by atoms with E-state index in [-0.39, 0.29) is 17.0 Å². The molecule has 1 aliphatic heterocycles. The number of methoxy groups -OCH3 is 1. The number of carbonyl (C=O) groups is 1. The maximum atomic E-state index is 14.4. The van der Waals surface area contributed by atoms with Crippen molar-refractivity contribution in [3.8, 4) is 5.75 Å². The number of aromatic hydroxyl groups is 1. The molecule has 2 aromatic rings. The van der Waals surface area contributed by atoms with E-state index in [9.17, 15) is 14.3 Å². The van der Waals surface area contributed by atoms with Crippen molar-refractivity contribution in [3.63, 3.8) is 0 Å². The summed E-state index contributed by atoms with van der Waals surface area (Å²) in [6.45, 7) is 2.12. The quantitative estimate of drug-likeness (QED) is 0.855. The van der Waals surface area contributed by atoms with Crippen LogP contribution in [0.1, 0.15) is 27.7 Å². The zero-order valence-corrected chi connectivity index (χ0v) is 13.8. The summed E-state index contributed by atoms with van der Waals surface area (Å²) in [6.07, 6.45) is 1.51. The summed E-state index contributed by atoms with van der Waals surface area (Å²) in [7, 11) is 1.28. The Hall–Kier alpha value is -2.51. The molecule has 0 radical (unpaired) electrons. The van der Waals surface area contributed by atoms with Crippen molar-refractivity contribution in [2.75, 3.05) is 33.4 Å². The molecule has 1 fully saturated rings. The number of hydrogen-bond donors (Lipinski definition) is 1.